The Morgan fingerprint density at radius 2 is 2.00 bits per heavy atom. The van der Waals surface area contributed by atoms with Gasteiger partial charge in [0.1, 0.15) is 0 Å². The Hall–Kier alpha value is -0.520. The fourth-order valence-electron chi connectivity index (χ4n) is 3.40. The Morgan fingerprint density at radius 1 is 1.27 bits per heavy atom. The molecule has 2 aliphatic rings. The lowest BCUT2D eigenvalue weighted by Gasteiger charge is -2.41. The molecule has 0 aromatic rings. The number of allylic oxidation sites excluding steroid dienone is 4. The minimum atomic E-state index is 0.823. The second-order valence-electron chi connectivity index (χ2n) is 5.83. The second kappa shape index (κ2) is 4.15. The molecule has 3 atom stereocenters. The minimum absolute atomic E-state index is 0.823. The summed E-state index contributed by atoms with van der Waals surface area (Å²) in [6.45, 7) is 9.41. The highest BCUT2D eigenvalue weighted by molar-refractivity contribution is 5.20. The molecule has 0 aromatic carbocycles. The zero-order valence-electron chi connectivity index (χ0n) is 10.6. The molecular formula is C15H24. The summed E-state index contributed by atoms with van der Waals surface area (Å²) in [5.41, 5.74) is 3.28. The normalized spacial score (nSPS) is 35.9. The van der Waals surface area contributed by atoms with Gasteiger partial charge in [-0.2, -0.15) is 0 Å². The molecule has 0 N–H and O–H groups in total. The van der Waals surface area contributed by atoms with Crippen LogP contribution in [0.5, 0.6) is 0 Å². The van der Waals surface area contributed by atoms with Gasteiger partial charge in [-0.05, 0) is 56.8 Å². The van der Waals surface area contributed by atoms with Gasteiger partial charge in [-0.15, -0.1) is 0 Å². The largest absolute Gasteiger partial charge is 0.0850 e. The van der Waals surface area contributed by atoms with E-state index in [0.717, 1.165) is 23.7 Å². The molecule has 0 radical (unpaired) electrons. The minimum Gasteiger partial charge on any atom is -0.0850 e. The predicted molar refractivity (Wildman–Crippen MR) is 66.7 cm³/mol. The standard InChI is InChI=1S/C15H24/c1-10(2)13-8-6-12(4)14-7-5-11(3)9-15(13)14/h6,9-10,13-15H,5,7-8H2,1-4H3/t13?,14-,15-/m0/s1. The topological polar surface area (TPSA) is 0 Å². The molecule has 0 aliphatic heterocycles. The van der Waals surface area contributed by atoms with E-state index in [1.165, 1.54) is 19.3 Å². The molecule has 2 rings (SSSR count). The average Bonchev–Trinajstić information content (AvgIpc) is 2.17. The Bertz CT molecular complexity index is 293. The van der Waals surface area contributed by atoms with Crippen LogP contribution in [0, 0.1) is 23.7 Å². The van der Waals surface area contributed by atoms with Crippen LogP contribution < -0.4 is 0 Å². The van der Waals surface area contributed by atoms with Crippen LogP contribution in [-0.2, 0) is 0 Å². The Morgan fingerprint density at radius 3 is 2.67 bits per heavy atom. The Labute approximate surface area is 94.5 Å². The van der Waals surface area contributed by atoms with Gasteiger partial charge in [0.15, 0.2) is 0 Å². The van der Waals surface area contributed by atoms with Crippen molar-refractivity contribution in [2.24, 2.45) is 23.7 Å². The molecule has 84 valence electrons. The first-order valence-corrected chi connectivity index (χ1v) is 6.43. The molecule has 0 heterocycles. The number of rotatable bonds is 1. The fourth-order valence-corrected chi connectivity index (χ4v) is 3.40. The van der Waals surface area contributed by atoms with Gasteiger partial charge in [-0.25, -0.2) is 0 Å². The molecule has 0 saturated carbocycles. The van der Waals surface area contributed by atoms with Crippen LogP contribution in [0.15, 0.2) is 23.3 Å². The summed E-state index contributed by atoms with van der Waals surface area (Å²) in [5.74, 6) is 3.40. The molecule has 0 nitrogen and oxygen atoms in total. The van der Waals surface area contributed by atoms with Gasteiger partial charge in [0.25, 0.3) is 0 Å². The molecule has 0 heteroatoms. The molecule has 0 saturated heterocycles. The Balaban J connectivity index is 2.28. The molecule has 0 aromatic heterocycles. The van der Waals surface area contributed by atoms with Crippen LogP contribution in [0.25, 0.3) is 0 Å². The molecule has 2 aliphatic carbocycles. The van der Waals surface area contributed by atoms with Crippen LogP contribution in [0.4, 0.5) is 0 Å². The van der Waals surface area contributed by atoms with Gasteiger partial charge in [0.2, 0.25) is 0 Å². The van der Waals surface area contributed by atoms with Crippen molar-refractivity contribution in [2.75, 3.05) is 0 Å². The van der Waals surface area contributed by atoms with Crippen molar-refractivity contribution in [1.82, 2.24) is 0 Å². The molecule has 0 bridgehead atoms. The third-order valence-electron chi connectivity index (χ3n) is 4.44. The summed E-state index contributed by atoms with van der Waals surface area (Å²) < 4.78 is 0. The summed E-state index contributed by atoms with van der Waals surface area (Å²) in [6.07, 6.45) is 9.08. The van der Waals surface area contributed by atoms with E-state index in [4.69, 9.17) is 0 Å². The third kappa shape index (κ3) is 2.04. The summed E-state index contributed by atoms with van der Waals surface area (Å²) in [7, 11) is 0. The number of fused-ring (bicyclic) bond motifs is 1. The van der Waals surface area contributed by atoms with E-state index in [1.54, 1.807) is 11.1 Å². The first-order valence-electron chi connectivity index (χ1n) is 6.43. The van der Waals surface area contributed by atoms with E-state index < -0.39 is 0 Å². The predicted octanol–water partition coefficient (Wildman–Crippen LogP) is 4.58. The van der Waals surface area contributed by atoms with Gasteiger partial charge in [-0.3, -0.25) is 0 Å². The number of hydrogen-bond donors (Lipinski definition) is 0. The average molecular weight is 204 g/mol. The van der Waals surface area contributed by atoms with Crippen LogP contribution in [0.1, 0.15) is 47.0 Å². The van der Waals surface area contributed by atoms with Crippen molar-refractivity contribution >= 4 is 0 Å². The van der Waals surface area contributed by atoms with Crippen LogP contribution in [0.3, 0.4) is 0 Å². The van der Waals surface area contributed by atoms with Gasteiger partial charge >= 0.3 is 0 Å². The highest BCUT2D eigenvalue weighted by Gasteiger charge is 2.34. The van der Waals surface area contributed by atoms with Crippen molar-refractivity contribution in [3.63, 3.8) is 0 Å². The second-order valence-corrected chi connectivity index (χ2v) is 5.83. The van der Waals surface area contributed by atoms with Crippen molar-refractivity contribution < 1.29 is 0 Å². The first-order chi connectivity index (χ1) is 7.09. The number of hydrogen-bond acceptors (Lipinski definition) is 0. The molecular weight excluding hydrogens is 180 g/mol. The van der Waals surface area contributed by atoms with Crippen molar-refractivity contribution in [3.8, 4) is 0 Å². The van der Waals surface area contributed by atoms with Gasteiger partial charge in [0, 0.05) is 0 Å². The van der Waals surface area contributed by atoms with E-state index in [1.807, 2.05) is 0 Å². The van der Waals surface area contributed by atoms with Crippen molar-refractivity contribution in [2.45, 2.75) is 47.0 Å². The molecule has 0 fully saturated rings. The lowest BCUT2D eigenvalue weighted by Crippen LogP contribution is -2.31. The van der Waals surface area contributed by atoms with E-state index >= 15 is 0 Å². The monoisotopic (exact) mass is 204 g/mol. The van der Waals surface area contributed by atoms with Crippen molar-refractivity contribution in [1.29, 1.82) is 0 Å². The maximum absolute atomic E-state index is 2.58. The van der Waals surface area contributed by atoms with Crippen LogP contribution >= 0.6 is 0 Å². The molecule has 0 amide bonds. The molecule has 0 spiro atoms. The zero-order valence-corrected chi connectivity index (χ0v) is 10.6. The third-order valence-corrected chi connectivity index (χ3v) is 4.44. The Kier molecular flexibility index (Phi) is 3.04. The van der Waals surface area contributed by atoms with Gasteiger partial charge < -0.3 is 0 Å². The van der Waals surface area contributed by atoms with Gasteiger partial charge in [0.05, 0.1) is 0 Å². The van der Waals surface area contributed by atoms with E-state index in [0.29, 0.717) is 0 Å². The summed E-state index contributed by atoms with van der Waals surface area (Å²) in [4.78, 5) is 0. The van der Waals surface area contributed by atoms with E-state index in [-0.39, 0.29) is 0 Å². The highest BCUT2D eigenvalue weighted by Crippen LogP contribution is 2.45. The van der Waals surface area contributed by atoms with Gasteiger partial charge in [-0.1, -0.05) is 37.1 Å². The smallest absolute Gasteiger partial charge is 0.0132 e. The first kappa shape index (κ1) is 11.0. The summed E-state index contributed by atoms with van der Waals surface area (Å²) >= 11 is 0. The quantitative estimate of drug-likeness (QED) is 0.548. The highest BCUT2D eigenvalue weighted by atomic mass is 14.4. The summed E-state index contributed by atoms with van der Waals surface area (Å²) in [6, 6.07) is 0. The lowest BCUT2D eigenvalue weighted by molar-refractivity contribution is 0.210. The van der Waals surface area contributed by atoms with E-state index in [9.17, 15) is 0 Å². The molecule has 1 unspecified atom stereocenters. The maximum atomic E-state index is 2.58. The van der Waals surface area contributed by atoms with Crippen molar-refractivity contribution in [3.05, 3.63) is 23.3 Å². The lowest BCUT2D eigenvalue weighted by atomic mass is 9.64. The van der Waals surface area contributed by atoms with Crippen LogP contribution in [0.2, 0.25) is 0 Å². The summed E-state index contributed by atoms with van der Waals surface area (Å²) in [5, 5.41) is 0. The zero-order chi connectivity index (χ0) is 11.0. The van der Waals surface area contributed by atoms with Crippen LogP contribution in [-0.4, -0.2) is 0 Å². The maximum Gasteiger partial charge on any atom is -0.0132 e. The molecule has 15 heavy (non-hydrogen) atoms. The fraction of sp³-hybridized carbons (Fsp3) is 0.733. The van der Waals surface area contributed by atoms with E-state index in [2.05, 4.69) is 39.8 Å². The SMILES string of the molecule is CC1=C[C@H]2C(C(C)C)CC=C(C)[C@@H]2CC1.